The molecule has 1 aromatic carbocycles. The maximum Gasteiger partial charge on any atom is 0.347 e. The summed E-state index contributed by atoms with van der Waals surface area (Å²) in [6.45, 7) is 4.88. The van der Waals surface area contributed by atoms with Crippen LogP contribution in [0, 0.1) is 0 Å². The van der Waals surface area contributed by atoms with Crippen molar-refractivity contribution in [2.45, 2.75) is 51.8 Å². The molecule has 4 nitrogen and oxygen atoms in total. The summed E-state index contributed by atoms with van der Waals surface area (Å²) in [5.41, 5.74) is 1.09. The maximum atomic E-state index is 11.8. The number of hydrogen-bond acceptors (Lipinski definition) is 4. The van der Waals surface area contributed by atoms with Crippen LogP contribution in [0.15, 0.2) is 24.3 Å². The first-order chi connectivity index (χ1) is 9.74. The van der Waals surface area contributed by atoms with Crippen molar-refractivity contribution in [2.24, 2.45) is 0 Å². The van der Waals surface area contributed by atoms with Gasteiger partial charge < -0.3 is 14.8 Å². The molecule has 0 aliphatic heterocycles. The average molecular weight is 277 g/mol. The van der Waals surface area contributed by atoms with E-state index in [2.05, 4.69) is 5.32 Å². The van der Waals surface area contributed by atoms with Gasteiger partial charge in [0.1, 0.15) is 5.75 Å². The number of carbonyl (C=O) groups is 1. The van der Waals surface area contributed by atoms with Gasteiger partial charge in [0.25, 0.3) is 0 Å². The maximum absolute atomic E-state index is 11.8. The van der Waals surface area contributed by atoms with Crippen LogP contribution < -0.4 is 10.1 Å². The summed E-state index contributed by atoms with van der Waals surface area (Å²) in [4.78, 5) is 11.8. The average Bonchev–Trinajstić information content (AvgIpc) is 3.28. The van der Waals surface area contributed by atoms with Gasteiger partial charge in [-0.05, 0) is 32.3 Å². The van der Waals surface area contributed by atoms with E-state index in [9.17, 15) is 4.79 Å². The number of benzene rings is 1. The molecule has 4 heteroatoms. The van der Waals surface area contributed by atoms with Gasteiger partial charge in [0, 0.05) is 18.2 Å². The Hall–Kier alpha value is -1.55. The van der Waals surface area contributed by atoms with Crippen LogP contribution in [0.5, 0.6) is 5.75 Å². The largest absolute Gasteiger partial charge is 0.478 e. The third kappa shape index (κ3) is 4.23. The molecule has 0 radical (unpaired) electrons. The highest BCUT2D eigenvalue weighted by Crippen LogP contribution is 2.23. The van der Waals surface area contributed by atoms with Crippen LogP contribution in [0.25, 0.3) is 0 Å². The van der Waals surface area contributed by atoms with Crippen LogP contribution in [0.3, 0.4) is 0 Å². The Balaban J connectivity index is 2.00. The number of nitrogens with one attached hydrogen (secondary N) is 1. The third-order valence-corrected chi connectivity index (χ3v) is 3.32. The van der Waals surface area contributed by atoms with Gasteiger partial charge in [0.15, 0.2) is 6.10 Å². The molecule has 1 aromatic rings. The van der Waals surface area contributed by atoms with E-state index >= 15 is 0 Å². The topological polar surface area (TPSA) is 47.6 Å². The Morgan fingerprint density at radius 1 is 1.35 bits per heavy atom. The molecule has 20 heavy (non-hydrogen) atoms. The second-order valence-corrected chi connectivity index (χ2v) is 5.03. The predicted octanol–water partition coefficient (Wildman–Crippen LogP) is 2.66. The number of ether oxygens (including phenoxy) is 2. The molecule has 1 N–H and O–H groups in total. The SMILES string of the molecule is CCOC(=O)C(CC)Oc1ccccc1CNC1CC1. The van der Waals surface area contributed by atoms with Crippen LogP contribution in [0.4, 0.5) is 0 Å². The highest BCUT2D eigenvalue weighted by molar-refractivity contribution is 5.75. The van der Waals surface area contributed by atoms with Crippen molar-refractivity contribution in [3.05, 3.63) is 29.8 Å². The molecule has 0 amide bonds. The minimum Gasteiger partial charge on any atom is -0.478 e. The fraction of sp³-hybridized carbons (Fsp3) is 0.562. The van der Waals surface area contributed by atoms with Crippen molar-refractivity contribution in [1.29, 1.82) is 0 Å². The molecule has 1 aliphatic rings. The monoisotopic (exact) mass is 277 g/mol. The lowest BCUT2D eigenvalue weighted by atomic mass is 10.2. The smallest absolute Gasteiger partial charge is 0.347 e. The highest BCUT2D eigenvalue weighted by atomic mass is 16.6. The fourth-order valence-electron chi connectivity index (χ4n) is 1.99. The first kappa shape index (κ1) is 14.9. The van der Waals surface area contributed by atoms with Gasteiger partial charge in [0.2, 0.25) is 0 Å². The van der Waals surface area contributed by atoms with Gasteiger partial charge in [-0.25, -0.2) is 4.79 Å². The van der Waals surface area contributed by atoms with Crippen molar-refractivity contribution in [3.8, 4) is 5.75 Å². The summed E-state index contributed by atoms with van der Waals surface area (Å²) in [5, 5.41) is 3.46. The van der Waals surface area contributed by atoms with Gasteiger partial charge in [-0.3, -0.25) is 0 Å². The van der Waals surface area contributed by atoms with Gasteiger partial charge in [-0.2, -0.15) is 0 Å². The van der Waals surface area contributed by atoms with Gasteiger partial charge in [0.05, 0.1) is 6.61 Å². The standard InChI is InChI=1S/C16H23NO3/c1-3-14(16(18)19-4-2)20-15-8-6-5-7-12(15)11-17-13-9-10-13/h5-8,13-14,17H,3-4,9-11H2,1-2H3. The van der Waals surface area contributed by atoms with Crippen LogP contribution >= 0.6 is 0 Å². The van der Waals surface area contributed by atoms with E-state index in [1.54, 1.807) is 6.92 Å². The molecule has 1 fully saturated rings. The van der Waals surface area contributed by atoms with Crippen LogP contribution in [0.1, 0.15) is 38.7 Å². The molecule has 0 heterocycles. The van der Waals surface area contributed by atoms with E-state index < -0.39 is 6.10 Å². The van der Waals surface area contributed by atoms with E-state index in [-0.39, 0.29) is 5.97 Å². The molecule has 1 aliphatic carbocycles. The zero-order valence-corrected chi connectivity index (χ0v) is 12.2. The molecular weight excluding hydrogens is 254 g/mol. The molecule has 2 rings (SSSR count). The lowest BCUT2D eigenvalue weighted by Crippen LogP contribution is -2.29. The zero-order valence-electron chi connectivity index (χ0n) is 12.2. The van der Waals surface area contributed by atoms with Crippen LogP contribution in [-0.2, 0) is 16.1 Å². The Kier molecular flexibility index (Phi) is 5.41. The quantitative estimate of drug-likeness (QED) is 0.742. The third-order valence-electron chi connectivity index (χ3n) is 3.32. The van der Waals surface area contributed by atoms with Gasteiger partial charge in [-0.1, -0.05) is 25.1 Å². The summed E-state index contributed by atoms with van der Waals surface area (Å²) in [5.74, 6) is 0.473. The van der Waals surface area contributed by atoms with Crippen LogP contribution in [0.2, 0.25) is 0 Å². The molecule has 110 valence electrons. The predicted molar refractivity (Wildman–Crippen MR) is 77.6 cm³/mol. The molecule has 0 aromatic heterocycles. The summed E-state index contributed by atoms with van der Waals surface area (Å²) in [6.07, 6.45) is 2.58. The van der Waals surface area contributed by atoms with Crippen molar-refractivity contribution >= 4 is 5.97 Å². The van der Waals surface area contributed by atoms with E-state index in [0.717, 1.165) is 17.9 Å². The number of para-hydroxylation sites is 1. The second kappa shape index (κ2) is 7.29. The van der Waals surface area contributed by atoms with Gasteiger partial charge >= 0.3 is 5.97 Å². The lowest BCUT2D eigenvalue weighted by molar-refractivity contribution is -0.151. The fourth-order valence-corrected chi connectivity index (χ4v) is 1.99. The molecule has 1 atom stereocenters. The van der Waals surface area contributed by atoms with Crippen LogP contribution in [-0.4, -0.2) is 24.7 Å². The minimum atomic E-state index is -0.531. The first-order valence-electron chi connectivity index (χ1n) is 7.39. The molecule has 0 saturated heterocycles. The Morgan fingerprint density at radius 3 is 2.75 bits per heavy atom. The molecule has 0 bridgehead atoms. The number of rotatable bonds is 8. The number of hydrogen-bond donors (Lipinski definition) is 1. The van der Waals surface area contributed by atoms with E-state index in [1.165, 1.54) is 12.8 Å². The highest BCUT2D eigenvalue weighted by Gasteiger charge is 2.22. The number of carbonyl (C=O) groups excluding carboxylic acids is 1. The molecule has 1 saturated carbocycles. The summed E-state index contributed by atoms with van der Waals surface area (Å²) in [6, 6.07) is 8.50. The van der Waals surface area contributed by atoms with Gasteiger partial charge in [-0.15, -0.1) is 0 Å². The Bertz CT molecular complexity index is 443. The molecule has 0 spiro atoms. The van der Waals surface area contributed by atoms with Crippen molar-refractivity contribution in [1.82, 2.24) is 5.32 Å². The van der Waals surface area contributed by atoms with Crippen molar-refractivity contribution in [3.63, 3.8) is 0 Å². The minimum absolute atomic E-state index is 0.292. The lowest BCUT2D eigenvalue weighted by Gasteiger charge is -2.18. The Labute approximate surface area is 120 Å². The number of esters is 1. The van der Waals surface area contributed by atoms with E-state index in [1.807, 2.05) is 31.2 Å². The first-order valence-corrected chi connectivity index (χ1v) is 7.39. The molecular formula is C16H23NO3. The summed E-state index contributed by atoms with van der Waals surface area (Å²) < 4.78 is 10.9. The van der Waals surface area contributed by atoms with E-state index in [0.29, 0.717) is 19.1 Å². The van der Waals surface area contributed by atoms with Crippen molar-refractivity contribution in [2.75, 3.05) is 6.61 Å². The molecule has 1 unspecified atom stereocenters. The normalized spacial score (nSPS) is 15.7. The zero-order chi connectivity index (χ0) is 14.4. The Morgan fingerprint density at radius 2 is 2.10 bits per heavy atom. The summed E-state index contributed by atoms with van der Waals surface area (Å²) >= 11 is 0. The van der Waals surface area contributed by atoms with Crippen molar-refractivity contribution < 1.29 is 14.3 Å². The second-order valence-electron chi connectivity index (χ2n) is 5.03. The summed E-state index contributed by atoms with van der Waals surface area (Å²) in [7, 11) is 0. The van der Waals surface area contributed by atoms with E-state index in [4.69, 9.17) is 9.47 Å².